The van der Waals surface area contributed by atoms with Gasteiger partial charge in [0.1, 0.15) is 6.61 Å². The van der Waals surface area contributed by atoms with E-state index in [1.54, 1.807) is 50.4 Å². The zero-order valence-electron chi connectivity index (χ0n) is 17.1. The molecule has 0 bridgehead atoms. The van der Waals surface area contributed by atoms with Crippen molar-refractivity contribution >= 4 is 18.0 Å². The summed E-state index contributed by atoms with van der Waals surface area (Å²) in [4.78, 5) is 23.4. The Morgan fingerprint density at radius 3 is 2.31 bits per heavy atom. The van der Waals surface area contributed by atoms with Gasteiger partial charge in [0.2, 0.25) is 0 Å². The maximum atomic E-state index is 12.1. The highest BCUT2D eigenvalue weighted by atomic mass is 16.6. The van der Waals surface area contributed by atoms with E-state index in [1.807, 2.05) is 0 Å². The van der Waals surface area contributed by atoms with Crippen molar-refractivity contribution in [3.8, 4) is 23.0 Å². The number of hydrogen-bond acceptors (Lipinski definition) is 7. The number of carbonyl (C=O) groups excluding carboxylic acids is 2. The Kier molecular flexibility index (Phi) is 7.65. The van der Waals surface area contributed by atoms with Crippen molar-refractivity contribution in [1.29, 1.82) is 0 Å². The van der Waals surface area contributed by atoms with Gasteiger partial charge in [0.25, 0.3) is 0 Å². The monoisotopic (exact) mass is 400 g/mol. The van der Waals surface area contributed by atoms with Gasteiger partial charge < -0.3 is 23.7 Å². The van der Waals surface area contributed by atoms with E-state index in [1.165, 1.54) is 27.2 Å². The molecule has 0 radical (unpaired) electrons. The summed E-state index contributed by atoms with van der Waals surface area (Å²) in [6.07, 6.45) is 2.91. The summed E-state index contributed by atoms with van der Waals surface area (Å²) in [7, 11) is 4.54. The standard InChI is InChI=1S/C22H24O7/c1-14-11-16(12-19(26-4)21(14)29-15(2)23)9-10-20(24)28-13-17-7-6-8-18(25-3)22(17)27-5/h6-12H,13H2,1-5H3/b10-9+. The van der Waals surface area contributed by atoms with E-state index in [2.05, 4.69) is 0 Å². The number of para-hydroxylation sites is 1. The van der Waals surface area contributed by atoms with Crippen molar-refractivity contribution in [3.05, 3.63) is 53.1 Å². The summed E-state index contributed by atoms with van der Waals surface area (Å²) >= 11 is 0. The molecule has 29 heavy (non-hydrogen) atoms. The summed E-state index contributed by atoms with van der Waals surface area (Å²) in [5.41, 5.74) is 2.09. The van der Waals surface area contributed by atoms with Crippen molar-refractivity contribution in [3.63, 3.8) is 0 Å². The highest BCUT2D eigenvalue weighted by molar-refractivity contribution is 5.87. The fourth-order valence-corrected chi connectivity index (χ4v) is 2.72. The van der Waals surface area contributed by atoms with Gasteiger partial charge in [-0.1, -0.05) is 12.1 Å². The lowest BCUT2D eigenvalue weighted by Crippen LogP contribution is -2.05. The van der Waals surface area contributed by atoms with E-state index >= 15 is 0 Å². The second-order valence-corrected chi connectivity index (χ2v) is 6.06. The Labute approximate surface area is 169 Å². The number of carbonyl (C=O) groups is 2. The van der Waals surface area contributed by atoms with Crippen LogP contribution >= 0.6 is 0 Å². The average Bonchev–Trinajstić information content (AvgIpc) is 2.71. The Morgan fingerprint density at radius 1 is 0.966 bits per heavy atom. The Hall–Kier alpha value is -3.48. The minimum absolute atomic E-state index is 0.0390. The van der Waals surface area contributed by atoms with Gasteiger partial charge in [-0.25, -0.2) is 4.79 Å². The molecule has 0 saturated heterocycles. The molecule has 2 rings (SSSR count). The Bertz CT molecular complexity index is 916. The van der Waals surface area contributed by atoms with Crippen LogP contribution in [-0.2, 0) is 20.9 Å². The molecule has 0 unspecified atom stereocenters. The molecule has 0 aliphatic heterocycles. The molecule has 154 valence electrons. The second-order valence-electron chi connectivity index (χ2n) is 6.06. The predicted molar refractivity (Wildman–Crippen MR) is 107 cm³/mol. The van der Waals surface area contributed by atoms with Crippen LogP contribution in [0.5, 0.6) is 23.0 Å². The van der Waals surface area contributed by atoms with Crippen LogP contribution in [0.2, 0.25) is 0 Å². The number of hydrogen-bond donors (Lipinski definition) is 0. The molecule has 0 fully saturated rings. The van der Waals surface area contributed by atoms with Gasteiger partial charge in [-0.2, -0.15) is 0 Å². The molecule has 0 amide bonds. The molecular formula is C22H24O7. The Morgan fingerprint density at radius 2 is 1.69 bits per heavy atom. The highest BCUT2D eigenvalue weighted by Gasteiger charge is 2.13. The molecular weight excluding hydrogens is 376 g/mol. The molecule has 0 aromatic heterocycles. The molecule has 7 heteroatoms. The van der Waals surface area contributed by atoms with E-state index in [9.17, 15) is 9.59 Å². The van der Waals surface area contributed by atoms with Crippen LogP contribution in [0, 0.1) is 6.92 Å². The maximum Gasteiger partial charge on any atom is 0.331 e. The number of benzene rings is 2. The topological polar surface area (TPSA) is 80.3 Å². The van der Waals surface area contributed by atoms with Gasteiger partial charge >= 0.3 is 11.9 Å². The molecule has 7 nitrogen and oxygen atoms in total. The lowest BCUT2D eigenvalue weighted by Gasteiger charge is -2.12. The van der Waals surface area contributed by atoms with Gasteiger partial charge in [-0.05, 0) is 42.3 Å². The fraction of sp³-hybridized carbons (Fsp3) is 0.273. The third-order valence-corrected chi connectivity index (χ3v) is 3.99. The maximum absolute atomic E-state index is 12.1. The smallest absolute Gasteiger partial charge is 0.331 e. The van der Waals surface area contributed by atoms with Crippen molar-refractivity contribution in [2.24, 2.45) is 0 Å². The van der Waals surface area contributed by atoms with Gasteiger partial charge in [0.05, 0.1) is 21.3 Å². The third kappa shape index (κ3) is 5.75. The van der Waals surface area contributed by atoms with Crippen LogP contribution in [0.25, 0.3) is 6.08 Å². The van der Waals surface area contributed by atoms with E-state index in [0.717, 1.165) is 0 Å². The second kappa shape index (κ2) is 10.2. The van der Waals surface area contributed by atoms with Gasteiger partial charge in [-0.3, -0.25) is 4.79 Å². The van der Waals surface area contributed by atoms with E-state index in [4.69, 9.17) is 23.7 Å². The van der Waals surface area contributed by atoms with Crippen LogP contribution < -0.4 is 18.9 Å². The van der Waals surface area contributed by atoms with Crippen LogP contribution in [0.3, 0.4) is 0 Å². The number of aryl methyl sites for hydroxylation is 1. The van der Waals surface area contributed by atoms with Gasteiger partial charge in [0.15, 0.2) is 23.0 Å². The van der Waals surface area contributed by atoms with E-state index in [0.29, 0.717) is 39.7 Å². The van der Waals surface area contributed by atoms with E-state index in [-0.39, 0.29) is 6.61 Å². The molecule has 0 saturated carbocycles. The molecule has 2 aromatic carbocycles. The molecule has 0 heterocycles. The van der Waals surface area contributed by atoms with Crippen molar-refractivity contribution in [2.75, 3.05) is 21.3 Å². The number of rotatable bonds is 8. The van der Waals surface area contributed by atoms with Gasteiger partial charge in [-0.15, -0.1) is 0 Å². The van der Waals surface area contributed by atoms with Crippen molar-refractivity contribution in [2.45, 2.75) is 20.5 Å². The fourth-order valence-electron chi connectivity index (χ4n) is 2.72. The first-order valence-corrected chi connectivity index (χ1v) is 8.81. The van der Waals surface area contributed by atoms with Crippen LogP contribution in [0.4, 0.5) is 0 Å². The van der Waals surface area contributed by atoms with Crippen LogP contribution in [0.1, 0.15) is 23.6 Å². The lowest BCUT2D eigenvalue weighted by atomic mass is 10.1. The SMILES string of the molecule is COc1cc(/C=C/C(=O)OCc2cccc(OC)c2OC)cc(C)c1OC(C)=O. The first-order valence-electron chi connectivity index (χ1n) is 8.81. The zero-order chi connectivity index (χ0) is 21.4. The Balaban J connectivity index is 2.10. The van der Waals surface area contributed by atoms with Crippen LogP contribution in [-0.4, -0.2) is 33.3 Å². The summed E-state index contributed by atoms with van der Waals surface area (Å²) in [6.45, 7) is 3.14. The number of ether oxygens (including phenoxy) is 5. The molecule has 2 aromatic rings. The van der Waals surface area contributed by atoms with E-state index < -0.39 is 11.9 Å². The quantitative estimate of drug-likeness (QED) is 0.380. The largest absolute Gasteiger partial charge is 0.493 e. The summed E-state index contributed by atoms with van der Waals surface area (Å²) in [5.74, 6) is 0.876. The molecule has 0 N–H and O–H groups in total. The summed E-state index contributed by atoms with van der Waals surface area (Å²) in [5, 5.41) is 0. The minimum Gasteiger partial charge on any atom is -0.493 e. The number of methoxy groups -OCH3 is 3. The zero-order valence-corrected chi connectivity index (χ0v) is 17.1. The first kappa shape index (κ1) is 21.8. The summed E-state index contributed by atoms with van der Waals surface area (Å²) < 4.78 is 26.3. The normalized spacial score (nSPS) is 10.5. The minimum atomic E-state index is -0.518. The molecule has 0 spiro atoms. The molecule has 0 aliphatic rings. The van der Waals surface area contributed by atoms with Crippen molar-refractivity contribution in [1.82, 2.24) is 0 Å². The molecule has 0 atom stereocenters. The van der Waals surface area contributed by atoms with Gasteiger partial charge in [0, 0.05) is 18.6 Å². The van der Waals surface area contributed by atoms with Crippen molar-refractivity contribution < 1.29 is 33.3 Å². The first-order chi connectivity index (χ1) is 13.9. The summed E-state index contributed by atoms with van der Waals surface area (Å²) in [6, 6.07) is 8.79. The third-order valence-electron chi connectivity index (χ3n) is 3.99. The highest BCUT2D eigenvalue weighted by Crippen LogP contribution is 2.33. The average molecular weight is 400 g/mol. The lowest BCUT2D eigenvalue weighted by molar-refractivity contribution is -0.139. The van der Waals surface area contributed by atoms with Crippen LogP contribution in [0.15, 0.2) is 36.4 Å². The predicted octanol–water partition coefficient (Wildman–Crippen LogP) is 3.70. The number of esters is 2. The molecule has 0 aliphatic carbocycles.